The molecule has 5 heteroatoms. The number of nitrogens with zero attached hydrogens (tertiary/aromatic N) is 5. The van der Waals surface area contributed by atoms with Crippen LogP contribution in [0.5, 0.6) is 0 Å². The molecule has 1 aromatic heterocycles. The second-order valence-electron chi connectivity index (χ2n) is 18.6. The van der Waals surface area contributed by atoms with Crippen molar-refractivity contribution in [1.29, 1.82) is 0 Å². The Morgan fingerprint density at radius 2 is 0.846 bits per heavy atom. The van der Waals surface area contributed by atoms with E-state index in [1.165, 1.54) is 55.5 Å². The van der Waals surface area contributed by atoms with Gasteiger partial charge in [-0.2, -0.15) is 0 Å². The van der Waals surface area contributed by atoms with E-state index in [0.29, 0.717) is 29.0 Å². The summed E-state index contributed by atoms with van der Waals surface area (Å²) in [6, 6.07) is 35.4. The molecule has 9 rings (SSSR count). The van der Waals surface area contributed by atoms with Gasteiger partial charge in [0.2, 0.25) is 0 Å². The first-order chi connectivity index (χ1) is 31.0. The predicted octanol–water partition coefficient (Wildman–Crippen LogP) is 15.3. The van der Waals surface area contributed by atoms with Gasteiger partial charge in [-0.05, 0) is 180 Å². The normalized spacial score (nSPS) is 12.3. The molecule has 322 valence electrons. The number of aliphatic imine (C=N–C) groups is 2. The minimum absolute atomic E-state index is 0.660. The number of fused-ring (bicyclic) bond motifs is 3. The minimum atomic E-state index is 0.660. The van der Waals surface area contributed by atoms with E-state index < -0.39 is 0 Å². The molecule has 0 unspecified atom stereocenters. The monoisotopic (exact) mass is 847 g/mol. The molecule has 0 aliphatic heterocycles. The van der Waals surface area contributed by atoms with Crippen molar-refractivity contribution in [1.82, 2.24) is 15.0 Å². The fourth-order valence-electron chi connectivity index (χ4n) is 10.8. The van der Waals surface area contributed by atoms with Crippen molar-refractivity contribution in [3.63, 3.8) is 0 Å². The van der Waals surface area contributed by atoms with Crippen LogP contribution in [0.25, 0.3) is 72.9 Å². The summed E-state index contributed by atoms with van der Waals surface area (Å²) in [6.07, 6.45) is 0. The summed E-state index contributed by atoms with van der Waals surface area (Å²) in [7, 11) is 0. The molecule has 7 aromatic carbocycles. The van der Waals surface area contributed by atoms with Crippen LogP contribution < -0.4 is 0 Å². The van der Waals surface area contributed by atoms with Crippen molar-refractivity contribution in [3.05, 3.63) is 187 Å². The summed E-state index contributed by atoms with van der Waals surface area (Å²) in [4.78, 5) is 26.5. The summed E-state index contributed by atoms with van der Waals surface area (Å²) in [5, 5.41) is 2.29. The summed E-state index contributed by atoms with van der Waals surface area (Å²) in [5.74, 6) is 2.70. The number of hydrogen-bond donors (Lipinski definition) is 0. The predicted molar refractivity (Wildman–Crippen MR) is 276 cm³/mol. The van der Waals surface area contributed by atoms with Crippen LogP contribution in [0.2, 0.25) is 0 Å². The van der Waals surface area contributed by atoms with Crippen molar-refractivity contribution >= 4 is 28.0 Å². The number of amidine groups is 1. The van der Waals surface area contributed by atoms with Crippen molar-refractivity contribution in [3.8, 4) is 56.4 Å². The third kappa shape index (κ3) is 7.73. The van der Waals surface area contributed by atoms with Crippen LogP contribution in [0, 0.1) is 83.1 Å². The van der Waals surface area contributed by atoms with Gasteiger partial charge < -0.3 is 0 Å². The maximum Gasteiger partial charge on any atom is 0.164 e. The molecular formula is C60H57N5. The van der Waals surface area contributed by atoms with E-state index in [1.54, 1.807) is 0 Å². The Balaban J connectivity index is 1.18. The average Bonchev–Trinajstić information content (AvgIpc) is 3.53. The lowest BCUT2D eigenvalue weighted by atomic mass is 9.96. The molecule has 65 heavy (non-hydrogen) atoms. The quantitative estimate of drug-likeness (QED) is 0.119. The van der Waals surface area contributed by atoms with E-state index in [0.717, 1.165) is 83.4 Å². The number of aromatic nitrogens is 3. The van der Waals surface area contributed by atoms with E-state index in [1.807, 2.05) is 0 Å². The van der Waals surface area contributed by atoms with E-state index in [2.05, 4.69) is 194 Å². The molecule has 8 aromatic rings. The zero-order chi connectivity index (χ0) is 46.2. The van der Waals surface area contributed by atoms with Crippen LogP contribution in [0.15, 0.2) is 114 Å². The summed E-state index contributed by atoms with van der Waals surface area (Å²) in [6.45, 7) is 32.5. The van der Waals surface area contributed by atoms with Crippen molar-refractivity contribution in [2.24, 2.45) is 9.98 Å². The van der Waals surface area contributed by atoms with E-state index in [4.69, 9.17) is 24.9 Å². The average molecular weight is 848 g/mol. The molecule has 0 saturated carbocycles. The van der Waals surface area contributed by atoms with E-state index in [9.17, 15) is 0 Å². The Hall–Kier alpha value is -7.11. The molecule has 1 aliphatic rings. The molecule has 0 radical (unpaired) electrons. The number of benzene rings is 7. The van der Waals surface area contributed by atoms with Crippen LogP contribution >= 0.6 is 0 Å². The van der Waals surface area contributed by atoms with Crippen LogP contribution in [-0.4, -0.2) is 26.5 Å². The molecule has 0 amide bonds. The van der Waals surface area contributed by atoms with Crippen LogP contribution in [-0.2, 0) is 0 Å². The SMILES string of the molecule is C=C(N=C(N=C(C)c1c(C)cc(C)cc1C)c1c(C)cc(C)cc1C)c1ccc2c(c1)-c1cccc3c(-c4nc(-c5c(C)cc(C)cc5C)nc(-c5c(C)cc(C)cc5C)n4)ccc-2c13. The number of rotatable bonds is 7. The topological polar surface area (TPSA) is 63.4 Å². The zero-order valence-corrected chi connectivity index (χ0v) is 40.2. The highest BCUT2D eigenvalue weighted by Gasteiger charge is 2.26. The van der Waals surface area contributed by atoms with Crippen molar-refractivity contribution < 1.29 is 0 Å². The van der Waals surface area contributed by atoms with Gasteiger partial charge in [0.15, 0.2) is 23.3 Å². The molecule has 0 saturated heterocycles. The lowest BCUT2D eigenvalue weighted by Crippen LogP contribution is -2.10. The molecule has 5 nitrogen and oxygen atoms in total. The van der Waals surface area contributed by atoms with Gasteiger partial charge in [-0.15, -0.1) is 0 Å². The molecule has 0 N–H and O–H groups in total. The molecule has 0 bridgehead atoms. The minimum Gasteiger partial charge on any atom is -0.233 e. The highest BCUT2D eigenvalue weighted by atomic mass is 15.0. The second-order valence-corrected chi connectivity index (χ2v) is 18.6. The van der Waals surface area contributed by atoms with Gasteiger partial charge >= 0.3 is 0 Å². The van der Waals surface area contributed by atoms with Gasteiger partial charge in [0, 0.05) is 39.1 Å². The molecule has 0 atom stereocenters. The Kier molecular flexibility index (Phi) is 10.9. The lowest BCUT2D eigenvalue weighted by molar-refractivity contribution is 1.06. The zero-order valence-electron chi connectivity index (χ0n) is 40.2. The van der Waals surface area contributed by atoms with Crippen molar-refractivity contribution in [2.45, 2.75) is 90.0 Å². The standard InChI is InChI=1S/C60H57N5/c1-31-22-35(5)52(36(6)23-31)44(14)62-58(53-37(7)24-32(2)25-38(53)8)61-43(13)45-18-19-46-49-20-21-50(47-16-15-17-48(56(47)49)51(46)30-45)57-63-59(54-39(9)26-33(3)27-40(54)10)65-60(64-57)55-41(11)28-34(4)29-42(55)12/h15-30H,13H2,1-12,14H3. The Morgan fingerprint density at radius 3 is 1.37 bits per heavy atom. The van der Waals surface area contributed by atoms with Gasteiger partial charge in [-0.1, -0.05) is 114 Å². The number of hydrogen-bond acceptors (Lipinski definition) is 4. The van der Waals surface area contributed by atoms with Crippen LogP contribution in [0.3, 0.4) is 0 Å². The second kappa shape index (κ2) is 16.5. The molecule has 1 heterocycles. The highest BCUT2D eigenvalue weighted by molar-refractivity contribution is 6.19. The Labute approximate surface area is 384 Å². The molecular weight excluding hydrogens is 791 g/mol. The van der Waals surface area contributed by atoms with Gasteiger partial charge in [0.1, 0.15) is 0 Å². The van der Waals surface area contributed by atoms with E-state index >= 15 is 0 Å². The summed E-state index contributed by atoms with van der Waals surface area (Å²) in [5.41, 5.74) is 26.7. The van der Waals surface area contributed by atoms with Crippen molar-refractivity contribution in [2.75, 3.05) is 0 Å². The summed E-state index contributed by atoms with van der Waals surface area (Å²) >= 11 is 0. The Bertz CT molecular complexity index is 3250. The fraction of sp³-hybridized carbons (Fsp3) is 0.217. The first-order valence-corrected chi connectivity index (χ1v) is 22.6. The smallest absolute Gasteiger partial charge is 0.164 e. The van der Waals surface area contributed by atoms with Crippen LogP contribution in [0.4, 0.5) is 0 Å². The molecule has 1 aliphatic carbocycles. The highest BCUT2D eigenvalue weighted by Crippen LogP contribution is 2.50. The van der Waals surface area contributed by atoms with Gasteiger partial charge in [0.25, 0.3) is 0 Å². The third-order valence-electron chi connectivity index (χ3n) is 13.1. The van der Waals surface area contributed by atoms with Crippen LogP contribution in [0.1, 0.15) is 90.4 Å². The van der Waals surface area contributed by atoms with E-state index in [-0.39, 0.29) is 0 Å². The maximum atomic E-state index is 5.33. The number of aryl methyl sites for hydroxylation is 12. The first kappa shape index (κ1) is 43.2. The summed E-state index contributed by atoms with van der Waals surface area (Å²) < 4.78 is 0. The largest absolute Gasteiger partial charge is 0.233 e. The molecule has 0 spiro atoms. The van der Waals surface area contributed by atoms with Gasteiger partial charge in [-0.3, -0.25) is 0 Å². The van der Waals surface area contributed by atoms with Gasteiger partial charge in [-0.25, -0.2) is 24.9 Å². The van der Waals surface area contributed by atoms with Gasteiger partial charge in [0.05, 0.1) is 5.70 Å². The lowest BCUT2D eigenvalue weighted by Gasteiger charge is -2.16. The Morgan fingerprint density at radius 1 is 0.415 bits per heavy atom. The maximum absolute atomic E-state index is 5.33. The fourth-order valence-corrected chi connectivity index (χ4v) is 10.8. The third-order valence-corrected chi connectivity index (χ3v) is 13.1. The molecule has 0 fully saturated rings. The first-order valence-electron chi connectivity index (χ1n) is 22.6.